The first-order valence-electron chi connectivity index (χ1n) is 7.75. The number of rotatable bonds is 3. The molecule has 2 atom stereocenters. The standard InChI is InChI=1S/C18H24FNO/c1-14-6-5-7-15(2)20(14)13-17-9-10-18(19)12-16(17)8-3-4-11-21/h9-10,12,14-15,21H,4-7,11,13H2,1-2H3/t14-,15+. The number of nitrogens with zero attached hydrogens (tertiary/aromatic N) is 1. The third kappa shape index (κ3) is 4.30. The minimum atomic E-state index is -0.258. The molecule has 0 amide bonds. The van der Waals surface area contributed by atoms with Crippen molar-refractivity contribution < 1.29 is 9.50 Å². The Morgan fingerprint density at radius 1 is 1.29 bits per heavy atom. The van der Waals surface area contributed by atoms with Crippen molar-refractivity contribution in [2.24, 2.45) is 0 Å². The van der Waals surface area contributed by atoms with Crippen LogP contribution in [0.2, 0.25) is 0 Å². The van der Waals surface area contributed by atoms with E-state index in [1.165, 1.54) is 31.4 Å². The van der Waals surface area contributed by atoms with E-state index in [1.807, 2.05) is 6.07 Å². The van der Waals surface area contributed by atoms with E-state index in [1.54, 1.807) is 0 Å². The largest absolute Gasteiger partial charge is 0.395 e. The second kappa shape index (κ2) is 7.59. The Labute approximate surface area is 127 Å². The highest BCUT2D eigenvalue weighted by Gasteiger charge is 2.25. The summed E-state index contributed by atoms with van der Waals surface area (Å²) in [7, 11) is 0. The number of benzene rings is 1. The van der Waals surface area contributed by atoms with Crippen LogP contribution in [0.3, 0.4) is 0 Å². The molecule has 0 bridgehead atoms. The molecule has 2 rings (SSSR count). The van der Waals surface area contributed by atoms with E-state index in [0.717, 1.165) is 17.7 Å². The molecule has 0 unspecified atom stereocenters. The molecule has 3 heteroatoms. The summed E-state index contributed by atoms with van der Waals surface area (Å²) < 4.78 is 13.5. The van der Waals surface area contributed by atoms with Gasteiger partial charge in [0.1, 0.15) is 5.82 Å². The highest BCUT2D eigenvalue weighted by Crippen LogP contribution is 2.25. The lowest BCUT2D eigenvalue weighted by Crippen LogP contribution is -2.43. The van der Waals surface area contributed by atoms with Crippen LogP contribution in [0.15, 0.2) is 18.2 Å². The van der Waals surface area contributed by atoms with Crippen LogP contribution in [0.1, 0.15) is 50.7 Å². The van der Waals surface area contributed by atoms with Crippen LogP contribution in [0.25, 0.3) is 0 Å². The number of hydrogen-bond donors (Lipinski definition) is 1. The molecule has 1 N–H and O–H groups in total. The number of likely N-dealkylation sites (tertiary alicyclic amines) is 1. The SMILES string of the molecule is C[C@@H]1CCC[C@H](C)N1Cc1ccc(F)cc1C#CCCO. The van der Waals surface area contributed by atoms with E-state index >= 15 is 0 Å². The van der Waals surface area contributed by atoms with E-state index in [0.29, 0.717) is 18.5 Å². The summed E-state index contributed by atoms with van der Waals surface area (Å²) in [5.74, 6) is 5.63. The molecule has 1 aromatic rings. The number of aliphatic hydroxyl groups is 1. The maximum atomic E-state index is 13.5. The third-order valence-electron chi connectivity index (χ3n) is 4.26. The third-order valence-corrected chi connectivity index (χ3v) is 4.26. The van der Waals surface area contributed by atoms with E-state index in [9.17, 15) is 4.39 Å². The summed E-state index contributed by atoms with van der Waals surface area (Å²) in [4.78, 5) is 2.48. The van der Waals surface area contributed by atoms with Crippen LogP contribution in [-0.4, -0.2) is 28.7 Å². The molecule has 0 spiro atoms. The Kier molecular flexibility index (Phi) is 5.78. The van der Waals surface area contributed by atoms with Crippen LogP contribution >= 0.6 is 0 Å². The molecule has 1 aliphatic heterocycles. The quantitative estimate of drug-likeness (QED) is 0.863. The van der Waals surface area contributed by atoms with Crippen molar-refractivity contribution in [1.29, 1.82) is 0 Å². The van der Waals surface area contributed by atoms with Crippen molar-refractivity contribution in [2.45, 2.75) is 58.2 Å². The van der Waals surface area contributed by atoms with Crippen molar-refractivity contribution in [2.75, 3.05) is 6.61 Å². The maximum absolute atomic E-state index is 13.5. The van der Waals surface area contributed by atoms with E-state index in [2.05, 4.69) is 30.6 Å². The van der Waals surface area contributed by atoms with Crippen molar-refractivity contribution in [1.82, 2.24) is 4.90 Å². The number of piperidine rings is 1. The molecule has 1 aromatic carbocycles. The topological polar surface area (TPSA) is 23.5 Å². The minimum Gasteiger partial charge on any atom is -0.395 e. The number of halogens is 1. The average molecular weight is 289 g/mol. The Morgan fingerprint density at radius 3 is 2.67 bits per heavy atom. The van der Waals surface area contributed by atoms with Gasteiger partial charge >= 0.3 is 0 Å². The van der Waals surface area contributed by atoms with Crippen LogP contribution in [-0.2, 0) is 6.54 Å². The summed E-state index contributed by atoms with van der Waals surface area (Å²) in [5.41, 5.74) is 1.82. The zero-order valence-corrected chi connectivity index (χ0v) is 12.9. The number of aliphatic hydroxyl groups excluding tert-OH is 1. The van der Waals surface area contributed by atoms with Gasteiger partial charge in [0, 0.05) is 30.6 Å². The molecule has 0 aromatic heterocycles. The van der Waals surface area contributed by atoms with Gasteiger partial charge in [0.2, 0.25) is 0 Å². The van der Waals surface area contributed by atoms with Gasteiger partial charge in [-0.2, -0.15) is 0 Å². The first kappa shape index (κ1) is 16.0. The van der Waals surface area contributed by atoms with Gasteiger partial charge < -0.3 is 5.11 Å². The molecule has 1 fully saturated rings. The first-order valence-corrected chi connectivity index (χ1v) is 7.75. The van der Waals surface area contributed by atoms with Crippen molar-refractivity contribution >= 4 is 0 Å². The van der Waals surface area contributed by atoms with Gasteiger partial charge in [0.25, 0.3) is 0 Å². The molecule has 1 saturated heterocycles. The molecule has 1 heterocycles. The van der Waals surface area contributed by atoms with Crippen LogP contribution in [0, 0.1) is 17.7 Å². The first-order chi connectivity index (χ1) is 10.1. The molecule has 0 aliphatic carbocycles. The van der Waals surface area contributed by atoms with Crippen molar-refractivity contribution in [3.05, 3.63) is 35.1 Å². The average Bonchev–Trinajstić information content (AvgIpc) is 2.45. The zero-order chi connectivity index (χ0) is 15.2. The second-order valence-electron chi connectivity index (χ2n) is 5.88. The van der Waals surface area contributed by atoms with Gasteiger partial charge in [-0.05, 0) is 44.4 Å². The van der Waals surface area contributed by atoms with Crippen molar-refractivity contribution in [3.63, 3.8) is 0 Å². The molecular weight excluding hydrogens is 265 g/mol. The highest BCUT2D eigenvalue weighted by atomic mass is 19.1. The predicted molar refractivity (Wildman–Crippen MR) is 83.3 cm³/mol. The molecule has 0 saturated carbocycles. The van der Waals surface area contributed by atoms with Gasteiger partial charge in [-0.15, -0.1) is 0 Å². The Balaban J connectivity index is 2.21. The Bertz CT molecular complexity index is 522. The minimum absolute atomic E-state index is 0.0395. The van der Waals surface area contributed by atoms with Crippen LogP contribution < -0.4 is 0 Å². The van der Waals surface area contributed by atoms with E-state index in [-0.39, 0.29) is 12.4 Å². The summed E-state index contributed by atoms with van der Waals surface area (Å²) in [6.07, 6.45) is 4.14. The fourth-order valence-electron chi connectivity index (χ4n) is 3.00. The summed E-state index contributed by atoms with van der Waals surface area (Å²) >= 11 is 0. The van der Waals surface area contributed by atoms with Gasteiger partial charge in [-0.1, -0.05) is 24.3 Å². The van der Waals surface area contributed by atoms with Crippen LogP contribution in [0.4, 0.5) is 4.39 Å². The van der Waals surface area contributed by atoms with Gasteiger partial charge in [-0.25, -0.2) is 4.39 Å². The normalized spacial score (nSPS) is 22.7. The van der Waals surface area contributed by atoms with Crippen molar-refractivity contribution in [3.8, 4) is 11.8 Å². The van der Waals surface area contributed by atoms with Gasteiger partial charge in [-0.3, -0.25) is 4.90 Å². The monoisotopic (exact) mass is 289 g/mol. The molecule has 21 heavy (non-hydrogen) atoms. The molecule has 0 radical (unpaired) electrons. The molecule has 1 aliphatic rings. The van der Waals surface area contributed by atoms with E-state index in [4.69, 9.17) is 5.11 Å². The molecule has 114 valence electrons. The predicted octanol–water partition coefficient (Wildman–Crippen LogP) is 3.32. The highest BCUT2D eigenvalue weighted by molar-refractivity contribution is 5.41. The Hall–Kier alpha value is -1.37. The lowest BCUT2D eigenvalue weighted by molar-refractivity contribution is 0.0952. The lowest BCUT2D eigenvalue weighted by atomic mass is 9.96. The lowest BCUT2D eigenvalue weighted by Gasteiger charge is -2.39. The van der Waals surface area contributed by atoms with Gasteiger partial charge in [0.15, 0.2) is 0 Å². The summed E-state index contributed by atoms with van der Waals surface area (Å²) in [5, 5.41) is 8.81. The van der Waals surface area contributed by atoms with Crippen LogP contribution in [0.5, 0.6) is 0 Å². The second-order valence-corrected chi connectivity index (χ2v) is 5.88. The molecular formula is C18H24FNO. The fourth-order valence-corrected chi connectivity index (χ4v) is 3.00. The van der Waals surface area contributed by atoms with Gasteiger partial charge in [0.05, 0.1) is 6.61 Å². The summed E-state index contributed by atoms with van der Waals surface area (Å²) in [6, 6.07) is 5.95. The Morgan fingerprint density at radius 2 is 2.00 bits per heavy atom. The van der Waals surface area contributed by atoms with E-state index < -0.39 is 0 Å². The maximum Gasteiger partial charge on any atom is 0.124 e. The smallest absolute Gasteiger partial charge is 0.124 e. The summed E-state index contributed by atoms with van der Waals surface area (Å²) in [6.45, 7) is 5.37. The number of hydrogen-bond acceptors (Lipinski definition) is 2. The molecule has 2 nitrogen and oxygen atoms in total. The fraction of sp³-hybridized carbons (Fsp3) is 0.556. The zero-order valence-electron chi connectivity index (χ0n) is 12.9.